The van der Waals surface area contributed by atoms with E-state index < -0.39 is 57.6 Å². The van der Waals surface area contributed by atoms with Crippen LogP contribution in [-0.4, -0.2) is 46.9 Å². The lowest BCUT2D eigenvalue weighted by Gasteiger charge is -2.19. The van der Waals surface area contributed by atoms with E-state index in [1.165, 1.54) is 54.4 Å². The molecule has 9 nitrogen and oxygen atoms in total. The largest absolute Gasteiger partial charge is 0.452 e. The molecule has 0 saturated heterocycles. The van der Waals surface area contributed by atoms with Gasteiger partial charge in [0.2, 0.25) is 5.78 Å². The molecule has 0 unspecified atom stereocenters. The molecule has 3 aromatic rings. The molecule has 1 aliphatic carbocycles. The number of ether oxygens (including phenoxy) is 1. The number of nitrogens with zero attached hydrogens (tertiary/aromatic N) is 2. The van der Waals surface area contributed by atoms with Gasteiger partial charge in [-0.3, -0.25) is 24.5 Å². The van der Waals surface area contributed by atoms with Crippen molar-refractivity contribution in [2.75, 3.05) is 13.7 Å². The molecule has 176 valence electrons. The van der Waals surface area contributed by atoms with Crippen LogP contribution in [0.25, 0.3) is 0 Å². The van der Waals surface area contributed by atoms with Crippen molar-refractivity contribution in [2.24, 2.45) is 0 Å². The third-order valence-electron chi connectivity index (χ3n) is 5.55. The van der Waals surface area contributed by atoms with Gasteiger partial charge in [0.15, 0.2) is 12.4 Å². The predicted molar refractivity (Wildman–Crippen MR) is 120 cm³/mol. The maximum absolute atomic E-state index is 13.0. The summed E-state index contributed by atoms with van der Waals surface area (Å²) < 4.78 is 18.0. The van der Waals surface area contributed by atoms with Gasteiger partial charge >= 0.3 is 5.97 Å². The number of likely N-dealkylation sites (N-methyl/N-ethyl adjacent to an activating group) is 1. The summed E-state index contributed by atoms with van der Waals surface area (Å²) in [5.41, 5.74) is -1.33. The Hall–Kier alpha value is -4.73. The molecule has 0 spiro atoms. The normalized spacial score (nSPS) is 11.9. The number of esters is 1. The summed E-state index contributed by atoms with van der Waals surface area (Å²) in [6.45, 7) is -0.605. The number of carbonyl (C=O) groups is 4. The topological polar surface area (TPSA) is 124 Å². The summed E-state index contributed by atoms with van der Waals surface area (Å²) in [5.74, 6) is -3.56. The highest BCUT2D eigenvalue weighted by molar-refractivity contribution is 6.30. The average Bonchev–Trinajstić information content (AvgIpc) is 2.85. The summed E-state index contributed by atoms with van der Waals surface area (Å²) in [6, 6.07) is 13.6. The molecule has 0 heterocycles. The Bertz CT molecular complexity index is 1400. The lowest BCUT2D eigenvalue weighted by molar-refractivity contribution is -0.385. The Morgan fingerprint density at radius 2 is 1.57 bits per heavy atom. The molecule has 0 saturated carbocycles. The molecule has 0 N–H and O–H groups in total. The number of amides is 1. The predicted octanol–water partition coefficient (Wildman–Crippen LogP) is 3.32. The average molecular weight is 476 g/mol. The fourth-order valence-electron chi connectivity index (χ4n) is 3.79. The van der Waals surface area contributed by atoms with Crippen LogP contribution in [0.15, 0.2) is 60.7 Å². The van der Waals surface area contributed by atoms with Crippen molar-refractivity contribution >= 4 is 29.1 Å². The first kappa shape index (κ1) is 23.4. The highest BCUT2D eigenvalue weighted by atomic mass is 19.1. The molecule has 0 atom stereocenters. The SMILES string of the molecule is CN(Cc1ccc(F)cc1)C(=O)COC(=O)c1ccc2c(c1[N+](=O)[O-])C(=O)c1ccccc1C2=O. The van der Waals surface area contributed by atoms with E-state index in [0.717, 1.165) is 12.1 Å². The van der Waals surface area contributed by atoms with Gasteiger partial charge in [0.25, 0.3) is 11.6 Å². The van der Waals surface area contributed by atoms with Gasteiger partial charge in [-0.15, -0.1) is 0 Å². The third kappa shape index (κ3) is 4.41. The Labute approximate surface area is 197 Å². The molecule has 35 heavy (non-hydrogen) atoms. The van der Waals surface area contributed by atoms with Crippen LogP contribution < -0.4 is 0 Å². The fraction of sp³-hybridized carbons (Fsp3) is 0.120. The summed E-state index contributed by atoms with van der Waals surface area (Å²) in [5, 5.41) is 11.9. The molecule has 0 fully saturated rings. The number of fused-ring (bicyclic) bond motifs is 2. The Kier molecular flexibility index (Phi) is 6.20. The van der Waals surface area contributed by atoms with E-state index in [1.807, 2.05) is 0 Å². The first-order chi connectivity index (χ1) is 16.7. The van der Waals surface area contributed by atoms with Crippen molar-refractivity contribution in [1.82, 2.24) is 4.90 Å². The smallest absolute Gasteiger partial charge is 0.345 e. The van der Waals surface area contributed by atoms with E-state index in [0.29, 0.717) is 5.56 Å². The Morgan fingerprint density at radius 1 is 0.943 bits per heavy atom. The summed E-state index contributed by atoms with van der Waals surface area (Å²) in [7, 11) is 1.45. The zero-order valence-corrected chi connectivity index (χ0v) is 18.3. The van der Waals surface area contributed by atoms with E-state index in [2.05, 4.69) is 0 Å². The molecule has 10 heteroatoms. The van der Waals surface area contributed by atoms with Crippen molar-refractivity contribution in [3.8, 4) is 0 Å². The molecule has 0 aromatic heterocycles. The van der Waals surface area contributed by atoms with Crippen LogP contribution in [0.1, 0.15) is 47.8 Å². The molecule has 0 bridgehead atoms. The van der Waals surface area contributed by atoms with Gasteiger partial charge in [-0.25, -0.2) is 9.18 Å². The molecule has 3 aromatic carbocycles. The van der Waals surface area contributed by atoms with Crippen LogP contribution in [0.2, 0.25) is 0 Å². The molecule has 0 radical (unpaired) electrons. The Balaban J connectivity index is 1.56. The number of hydrogen-bond acceptors (Lipinski definition) is 7. The van der Waals surface area contributed by atoms with Crippen molar-refractivity contribution in [1.29, 1.82) is 0 Å². The van der Waals surface area contributed by atoms with E-state index >= 15 is 0 Å². The maximum atomic E-state index is 13.0. The number of rotatable bonds is 6. The van der Waals surface area contributed by atoms with Crippen LogP contribution >= 0.6 is 0 Å². The highest BCUT2D eigenvalue weighted by Crippen LogP contribution is 2.35. The van der Waals surface area contributed by atoms with Gasteiger partial charge in [0, 0.05) is 30.3 Å². The van der Waals surface area contributed by atoms with Crippen LogP contribution in [-0.2, 0) is 16.1 Å². The second kappa shape index (κ2) is 9.26. The van der Waals surface area contributed by atoms with Gasteiger partial charge in [0.1, 0.15) is 16.9 Å². The first-order valence-corrected chi connectivity index (χ1v) is 10.3. The number of ketones is 2. The van der Waals surface area contributed by atoms with Gasteiger partial charge in [0.05, 0.1) is 4.92 Å². The minimum Gasteiger partial charge on any atom is -0.452 e. The summed E-state index contributed by atoms with van der Waals surface area (Å²) in [6.07, 6.45) is 0. The zero-order valence-electron chi connectivity index (χ0n) is 18.3. The van der Waals surface area contributed by atoms with Crippen LogP contribution in [0.3, 0.4) is 0 Å². The fourth-order valence-corrected chi connectivity index (χ4v) is 3.79. The standard InChI is InChI=1S/C25H17FN2O7/c1-27(12-14-6-8-15(26)9-7-14)20(29)13-35-25(32)19-11-10-18-21(22(19)28(33)34)24(31)17-5-3-2-4-16(17)23(18)30/h2-11H,12-13H2,1H3. The molecule has 4 rings (SSSR count). The van der Waals surface area contributed by atoms with Crippen LogP contribution in [0.4, 0.5) is 10.1 Å². The van der Waals surface area contributed by atoms with Gasteiger partial charge in [-0.1, -0.05) is 36.4 Å². The number of benzene rings is 3. The van der Waals surface area contributed by atoms with Gasteiger partial charge in [-0.05, 0) is 29.8 Å². The number of halogens is 1. The third-order valence-corrected chi connectivity index (χ3v) is 5.55. The van der Waals surface area contributed by atoms with Crippen molar-refractivity contribution in [3.63, 3.8) is 0 Å². The second-order valence-electron chi connectivity index (χ2n) is 7.80. The van der Waals surface area contributed by atoms with Crippen LogP contribution in [0, 0.1) is 15.9 Å². The molecular weight excluding hydrogens is 459 g/mol. The van der Waals surface area contributed by atoms with Crippen LogP contribution in [0.5, 0.6) is 0 Å². The van der Waals surface area contributed by atoms with E-state index in [4.69, 9.17) is 4.74 Å². The highest BCUT2D eigenvalue weighted by Gasteiger charge is 2.39. The number of carbonyl (C=O) groups excluding carboxylic acids is 4. The lowest BCUT2D eigenvalue weighted by Crippen LogP contribution is -2.31. The van der Waals surface area contributed by atoms with E-state index in [9.17, 15) is 33.7 Å². The van der Waals surface area contributed by atoms with E-state index in [1.54, 1.807) is 6.07 Å². The Morgan fingerprint density at radius 3 is 2.20 bits per heavy atom. The van der Waals surface area contributed by atoms with Crippen molar-refractivity contribution in [3.05, 3.63) is 110 Å². The molecule has 1 amide bonds. The van der Waals surface area contributed by atoms with Crippen molar-refractivity contribution in [2.45, 2.75) is 6.54 Å². The summed E-state index contributed by atoms with van der Waals surface area (Å²) >= 11 is 0. The van der Waals surface area contributed by atoms with Gasteiger partial charge in [-0.2, -0.15) is 0 Å². The number of hydrogen-bond donors (Lipinski definition) is 0. The first-order valence-electron chi connectivity index (χ1n) is 10.3. The zero-order chi connectivity index (χ0) is 25.3. The lowest BCUT2D eigenvalue weighted by atomic mass is 9.82. The molecule has 1 aliphatic rings. The monoisotopic (exact) mass is 476 g/mol. The minimum absolute atomic E-state index is 0.00351. The van der Waals surface area contributed by atoms with E-state index in [-0.39, 0.29) is 23.2 Å². The minimum atomic E-state index is -1.19. The van der Waals surface area contributed by atoms with Gasteiger partial charge < -0.3 is 9.64 Å². The second-order valence-corrected chi connectivity index (χ2v) is 7.80. The molecule has 0 aliphatic heterocycles. The number of nitro groups is 1. The molecular formula is C25H17FN2O7. The number of nitro benzene ring substituents is 1. The van der Waals surface area contributed by atoms with Crippen molar-refractivity contribution < 1.29 is 33.2 Å². The summed E-state index contributed by atoms with van der Waals surface area (Å²) in [4.78, 5) is 63.1. The quantitative estimate of drug-likeness (QED) is 0.238. The maximum Gasteiger partial charge on any atom is 0.345 e.